The molecule has 0 radical (unpaired) electrons. The number of azo groups is 1. The van der Waals surface area contributed by atoms with Gasteiger partial charge < -0.3 is 0 Å². The number of aromatic amines is 1. The number of non-ortho nitro benzene ring substituents is 1. The van der Waals surface area contributed by atoms with Gasteiger partial charge in [0.25, 0.3) is 11.2 Å². The number of nitrogens with zero attached hydrogens (tertiary/aromatic N) is 4. The van der Waals surface area contributed by atoms with Crippen molar-refractivity contribution in [3.05, 3.63) is 104 Å². The average Bonchev–Trinajstić information content (AvgIpc) is 3.11. The monoisotopic (exact) mass is 433 g/mol. The molecule has 0 aliphatic carbocycles. The summed E-state index contributed by atoms with van der Waals surface area (Å²) in [6.07, 6.45) is 0. The lowest BCUT2D eigenvalue weighted by atomic mass is 10.1. The van der Waals surface area contributed by atoms with Crippen LogP contribution in [0.5, 0.6) is 0 Å². The number of nitro groups is 1. The Morgan fingerprint density at radius 1 is 1.00 bits per heavy atom. The van der Waals surface area contributed by atoms with E-state index in [1.807, 2.05) is 31.2 Å². The van der Waals surface area contributed by atoms with E-state index in [4.69, 9.17) is 11.6 Å². The summed E-state index contributed by atoms with van der Waals surface area (Å²) in [5, 5.41) is 22.9. The first-order chi connectivity index (χ1) is 14.9. The highest BCUT2D eigenvalue weighted by atomic mass is 35.5. The first-order valence-corrected chi connectivity index (χ1v) is 9.65. The van der Waals surface area contributed by atoms with Crippen molar-refractivity contribution in [1.82, 2.24) is 9.78 Å². The standard InChI is InChI=1S/C22H16ClN5O3/c1-14-7-10-16(13-19(14)23)24-25-21-20(15-8-11-18(12-9-15)28(30)31)26-27(22(21)29)17-5-3-2-4-6-17/h2-13,26H,1H3. The number of nitro benzene ring substituents is 1. The first-order valence-electron chi connectivity index (χ1n) is 9.27. The second kappa shape index (κ2) is 8.37. The summed E-state index contributed by atoms with van der Waals surface area (Å²) in [5.74, 6) is 0. The normalized spacial score (nSPS) is 11.2. The molecule has 0 saturated carbocycles. The van der Waals surface area contributed by atoms with Crippen LogP contribution in [0.3, 0.4) is 0 Å². The molecule has 4 aromatic rings. The zero-order valence-electron chi connectivity index (χ0n) is 16.3. The smallest absolute Gasteiger partial charge is 0.288 e. The van der Waals surface area contributed by atoms with Gasteiger partial charge in [-0.25, -0.2) is 4.68 Å². The van der Waals surface area contributed by atoms with Crippen molar-refractivity contribution in [2.75, 3.05) is 0 Å². The maximum Gasteiger partial charge on any atom is 0.299 e. The number of benzene rings is 3. The number of aromatic nitrogens is 2. The van der Waals surface area contributed by atoms with Crippen LogP contribution in [0.4, 0.5) is 17.1 Å². The van der Waals surface area contributed by atoms with Crippen molar-refractivity contribution < 1.29 is 4.92 Å². The Morgan fingerprint density at radius 2 is 1.71 bits per heavy atom. The van der Waals surface area contributed by atoms with E-state index < -0.39 is 10.5 Å². The second-order valence-corrected chi connectivity index (χ2v) is 7.16. The lowest BCUT2D eigenvalue weighted by Gasteiger charge is -2.01. The van der Waals surface area contributed by atoms with Gasteiger partial charge in [-0.3, -0.25) is 20.0 Å². The fraction of sp³-hybridized carbons (Fsp3) is 0.0455. The Balaban J connectivity index is 1.84. The molecule has 0 unspecified atom stereocenters. The third-order valence-corrected chi connectivity index (χ3v) is 5.08. The van der Waals surface area contributed by atoms with E-state index in [9.17, 15) is 14.9 Å². The van der Waals surface area contributed by atoms with Crippen LogP contribution in [0.2, 0.25) is 5.02 Å². The van der Waals surface area contributed by atoms with E-state index in [0.29, 0.717) is 27.7 Å². The van der Waals surface area contributed by atoms with Gasteiger partial charge in [-0.1, -0.05) is 35.9 Å². The summed E-state index contributed by atoms with van der Waals surface area (Å²) in [4.78, 5) is 23.6. The minimum atomic E-state index is -0.483. The molecule has 0 spiro atoms. The maximum atomic E-state index is 13.1. The second-order valence-electron chi connectivity index (χ2n) is 6.75. The molecular formula is C22H16ClN5O3. The summed E-state index contributed by atoms with van der Waals surface area (Å²) in [5.41, 5.74) is 2.61. The van der Waals surface area contributed by atoms with Crippen LogP contribution in [0.25, 0.3) is 16.9 Å². The number of H-pyrrole nitrogens is 1. The van der Waals surface area contributed by atoms with Crippen molar-refractivity contribution >= 4 is 28.7 Å². The highest BCUT2D eigenvalue weighted by molar-refractivity contribution is 6.31. The van der Waals surface area contributed by atoms with Crippen LogP contribution in [0.1, 0.15) is 5.56 Å². The zero-order valence-corrected chi connectivity index (χ0v) is 17.1. The fourth-order valence-electron chi connectivity index (χ4n) is 2.98. The first kappa shape index (κ1) is 20.2. The third-order valence-electron chi connectivity index (χ3n) is 4.67. The minimum Gasteiger partial charge on any atom is -0.288 e. The number of para-hydroxylation sites is 1. The number of nitrogens with one attached hydrogen (secondary N) is 1. The number of hydrogen-bond acceptors (Lipinski definition) is 5. The van der Waals surface area contributed by atoms with Crippen LogP contribution in [0, 0.1) is 17.0 Å². The van der Waals surface area contributed by atoms with E-state index >= 15 is 0 Å². The van der Waals surface area contributed by atoms with Crippen molar-refractivity contribution in [3.8, 4) is 16.9 Å². The summed E-state index contributed by atoms with van der Waals surface area (Å²) >= 11 is 6.15. The summed E-state index contributed by atoms with van der Waals surface area (Å²) in [7, 11) is 0. The van der Waals surface area contributed by atoms with E-state index in [1.165, 1.54) is 16.8 Å². The molecule has 31 heavy (non-hydrogen) atoms. The molecule has 8 nitrogen and oxygen atoms in total. The van der Waals surface area contributed by atoms with Gasteiger partial charge >= 0.3 is 0 Å². The molecule has 0 saturated heterocycles. The van der Waals surface area contributed by atoms with Gasteiger partial charge in [0, 0.05) is 22.7 Å². The van der Waals surface area contributed by atoms with E-state index in [2.05, 4.69) is 15.3 Å². The highest BCUT2D eigenvalue weighted by Crippen LogP contribution is 2.30. The van der Waals surface area contributed by atoms with Gasteiger partial charge in [-0.15, -0.1) is 5.11 Å². The average molecular weight is 434 g/mol. The number of aryl methyl sites for hydroxylation is 1. The van der Waals surface area contributed by atoms with Gasteiger partial charge in [0.2, 0.25) is 0 Å². The molecule has 0 atom stereocenters. The summed E-state index contributed by atoms with van der Waals surface area (Å²) in [6, 6.07) is 20.1. The molecule has 3 aromatic carbocycles. The van der Waals surface area contributed by atoms with Crippen LogP contribution in [0.15, 0.2) is 87.8 Å². The molecule has 1 aromatic heterocycles. The van der Waals surface area contributed by atoms with Gasteiger partial charge in [0.15, 0.2) is 5.69 Å². The Bertz CT molecular complexity index is 1340. The largest absolute Gasteiger partial charge is 0.299 e. The molecule has 0 fully saturated rings. The quantitative estimate of drug-likeness (QED) is 0.233. The third kappa shape index (κ3) is 4.15. The van der Waals surface area contributed by atoms with Gasteiger partial charge in [-0.05, 0) is 48.9 Å². The number of halogens is 1. The van der Waals surface area contributed by atoms with Crippen molar-refractivity contribution in [3.63, 3.8) is 0 Å². The zero-order chi connectivity index (χ0) is 22.0. The number of rotatable bonds is 5. The van der Waals surface area contributed by atoms with Gasteiger partial charge in [-0.2, -0.15) is 5.11 Å². The molecule has 0 aliphatic rings. The Labute approximate surface area is 181 Å². The lowest BCUT2D eigenvalue weighted by Crippen LogP contribution is -2.13. The minimum absolute atomic E-state index is 0.0499. The molecule has 0 aliphatic heterocycles. The lowest BCUT2D eigenvalue weighted by molar-refractivity contribution is -0.384. The predicted molar refractivity (Wildman–Crippen MR) is 119 cm³/mol. The topological polar surface area (TPSA) is 106 Å². The number of hydrogen-bond donors (Lipinski definition) is 1. The van der Waals surface area contributed by atoms with E-state index in [0.717, 1.165) is 5.56 Å². The Kier molecular flexibility index (Phi) is 5.46. The molecular weight excluding hydrogens is 418 g/mol. The molecule has 9 heteroatoms. The molecule has 0 bridgehead atoms. The molecule has 1 heterocycles. The molecule has 1 N–H and O–H groups in total. The fourth-order valence-corrected chi connectivity index (χ4v) is 3.16. The van der Waals surface area contributed by atoms with Gasteiger partial charge in [0.1, 0.15) is 0 Å². The highest BCUT2D eigenvalue weighted by Gasteiger charge is 2.18. The SMILES string of the molecule is Cc1ccc(N=Nc2c(-c3ccc([N+](=O)[O-])cc3)[nH]n(-c3ccccc3)c2=O)cc1Cl. The van der Waals surface area contributed by atoms with Crippen LogP contribution in [-0.4, -0.2) is 14.7 Å². The van der Waals surface area contributed by atoms with Crippen molar-refractivity contribution in [2.24, 2.45) is 10.2 Å². The molecule has 0 amide bonds. The predicted octanol–water partition coefficient (Wildman–Crippen LogP) is 6.12. The van der Waals surface area contributed by atoms with Crippen LogP contribution >= 0.6 is 11.6 Å². The Morgan fingerprint density at radius 3 is 2.35 bits per heavy atom. The van der Waals surface area contributed by atoms with Crippen molar-refractivity contribution in [1.29, 1.82) is 0 Å². The van der Waals surface area contributed by atoms with E-state index in [-0.39, 0.29) is 11.4 Å². The van der Waals surface area contributed by atoms with Gasteiger partial charge in [0.05, 0.1) is 22.0 Å². The maximum absolute atomic E-state index is 13.1. The summed E-state index contributed by atoms with van der Waals surface area (Å²) < 4.78 is 1.35. The molecule has 154 valence electrons. The Hall–Kier alpha value is -4.04. The summed E-state index contributed by atoms with van der Waals surface area (Å²) in [6.45, 7) is 1.88. The van der Waals surface area contributed by atoms with Crippen molar-refractivity contribution in [2.45, 2.75) is 6.92 Å². The van der Waals surface area contributed by atoms with Crippen LogP contribution < -0.4 is 5.56 Å². The van der Waals surface area contributed by atoms with E-state index in [1.54, 1.807) is 36.4 Å². The molecule has 4 rings (SSSR count). The van der Waals surface area contributed by atoms with Crippen LogP contribution in [-0.2, 0) is 0 Å².